The summed E-state index contributed by atoms with van der Waals surface area (Å²) in [4.78, 5) is 4.90. The second-order valence-electron chi connectivity index (χ2n) is 8.05. The van der Waals surface area contributed by atoms with Gasteiger partial charge in [0.15, 0.2) is 0 Å². The van der Waals surface area contributed by atoms with E-state index in [1.54, 1.807) is 0 Å². The lowest BCUT2D eigenvalue weighted by Crippen LogP contribution is -2.40. The van der Waals surface area contributed by atoms with Gasteiger partial charge in [0.2, 0.25) is 0 Å². The number of fused-ring (bicyclic) bond motifs is 3. The zero-order chi connectivity index (χ0) is 20.5. The molecule has 2 N–H and O–H groups in total. The number of allylic oxidation sites excluding steroid dienone is 1. The molecule has 0 atom stereocenters. The molecule has 0 bridgehead atoms. The maximum absolute atomic E-state index is 6.15. The summed E-state index contributed by atoms with van der Waals surface area (Å²) in [6.45, 7) is 8.69. The molecule has 3 heterocycles. The highest BCUT2D eigenvalue weighted by molar-refractivity contribution is 6.30. The number of anilines is 2. The van der Waals surface area contributed by atoms with Crippen LogP contribution in [-0.4, -0.2) is 55.8 Å². The van der Waals surface area contributed by atoms with E-state index in [0.29, 0.717) is 0 Å². The number of hydrogen-bond acceptors (Lipinski definition) is 6. The Bertz CT molecular complexity index is 939. The van der Waals surface area contributed by atoms with E-state index in [1.165, 1.54) is 28.2 Å². The van der Waals surface area contributed by atoms with Crippen LogP contribution in [0.4, 0.5) is 11.4 Å². The highest BCUT2D eigenvalue weighted by Crippen LogP contribution is 2.39. The van der Waals surface area contributed by atoms with E-state index in [2.05, 4.69) is 63.0 Å². The summed E-state index contributed by atoms with van der Waals surface area (Å²) >= 11 is 6.15. The Morgan fingerprint density at radius 2 is 1.80 bits per heavy atom. The minimum atomic E-state index is 0.762. The third-order valence-corrected chi connectivity index (χ3v) is 6.37. The largest absolute Gasteiger partial charge is 0.379 e. The van der Waals surface area contributed by atoms with Gasteiger partial charge in [0.1, 0.15) is 0 Å². The number of halogens is 1. The van der Waals surface area contributed by atoms with E-state index in [1.807, 2.05) is 12.1 Å². The molecule has 6 nitrogen and oxygen atoms in total. The number of nitrogens with zero attached hydrogens (tertiary/aromatic N) is 3. The number of rotatable bonds is 4. The molecule has 0 amide bonds. The van der Waals surface area contributed by atoms with Gasteiger partial charge in [0, 0.05) is 42.5 Å². The fourth-order valence-corrected chi connectivity index (χ4v) is 4.59. The van der Waals surface area contributed by atoms with Crippen molar-refractivity contribution in [3.63, 3.8) is 0 Å². The second kappa shape index (κ2) is 8.47. The molecule has 0 aromatic heterocycles. The van der Waals surface area contributed by atoms with Crippen LogP contribution in [-0.2, 0) is 11.2 Å². The number of morpholine rings is 1. The van der Waals surface area contributed by atoms with Gasteiger partial charge >= 0.3 is 0 Å². The Hall–Kier alpha value is -2.25. The Balaban J connectivity index is 1.49. The van der Waals surface area contributed by atoms with Gasteiger partial charge in [-0.25, -0.2) is 0 Å². The van der Waals surface area contributed by atoms with Crippen LogP contribution >= 0.6 is 11.6 Å². The maximum Gasteiger partial charge on any atom is 0.0832 e. The molecule has 0 spiro atoms. The summed E-state index contributed by atoms with van der Waals surface area (Å²) in [5.41, 5.74) is 14.0. The molecule has 3 aliphatic rings. The topological polar surface area (TPSA) is 43.0 Å². The Kier molecular flexibility index (Phi) is 5.56. The molecule has 7 heteroatoms. The van der Waals surface area contributed by atoms with E-state index in [9.17, 15) is 0 Å². The number of hydrogen-bond donors (Lipinski definition) is 2. The molecule has 3 aliphatic heterocycles. The molecule has 30 heavy (non-hydrogen) atoms. The lowest BCUT2D eigenvalue weighted by molar-refractivity contribution is 0.0384. The third kappa shape index (κ3) is 3.88. The van der Waals surface area contributed by atoms with Crippen LogP contribution in [0.1, 0.15) is 18.1 Å². The lowest BCUT2D eigenvalue weighted by Gasteiger charge is -2.27. The summed E-state index contributed by atoms with van der Waals surface area (Å²) in [5, 5.41) is 2.97. The maximum atomic E-state index is 6.15. The molecule has 158 valence electrons. The molecule has 1 saturated heterocycles. The fourth-order valence-electron chi connectivity index (χ4n) is 4.46. The van der Waals surface area contributed by atoms with Gasteiger partial charge in [-0.3, -0.25) is 9.91 Å². The zero-order valence-corrected chi connectivity index (χ0v) is 18.1. The molecule has 2 aromatic rings. The molecule has 0 aliphatic carbocycles. The summed E-state index contributed by atoms with van der Waals surface area (Å²) in [6.07, 6.45) is 1.04. The second-order valence-corrected chi connectivity index (χ2v) is 8.48. The predicted octanol–water partition coefficient (Wildman–Crippen LogP) is 3.38. The van der Waals surface area contributed by atoms with Gasteiger partial charge in [-0.05, 0) is 49.2 Å². The Labute approximate surface area is 183 Å². The molecule has 0 unspecified atom stereocenters. The van der Waals surface area contributed by atoms with Crippen molar-refractivity contribution in [2.75, 3.05) is 50.8 Å². The molecule has 2 aromatic carbocycles. The predicted molar refractivity (Wildman–Crippen MR) is 121 cm³/mol. The van der Waals surface area contributed by atoms with E-state index < -0.39 is 0 Å². The molecule has 0 radical (unpaired) electrons. The van der Waals surface area contributed by atoms with E-state index in [4.69, 9.17) is 16.3 Å². The van der Waals surface area contributed by atoms with Crippen molar-refractivity contribution in [3.8, 4) is 0 Å². The van der Waals surface area contributed by atoms with Gasteiger partial charge in [-0.15, -0.1) is 5.53 Å². The van der Waals surface area contributed by atoms with Crippen molar-refractivity contribution < 1.29 is 4.74 Å². The average molecular weight is 426 g/mol. The Morgan fingerprint density at radius 1 is 1.00 bits per heavy atom. The van der Waals surface area contributed by atoms with Crippen molar-refractivity contribution in [2.24, 2.45) is 0 Å². The molecule has 1 fully saturated rings. The summed E-state index contributed by atoms with van der Waals surface area (Å²) in [7, 11) is 0. The minimum Gasteiger partial charge on any atom is -0.379 e. The average Bonchev–Trinajstić information content (AvgIpc) is 3.06. The number of benzene rings is 2. The SMILES string of the molecule is CC1=C2c3ccc(CCN4CCOCC4)cc3N(c3ccc(Cl)cc3)CCN2NN1. The van der Waals surface area contributed by atoms with Crippen LogP contribution in [0.3, 0.4) is 0 Å². The first-order chi connectivity index (χ1) is 14.7. The first-order valence-electron chi connectivity index (χ1n) is 10.7. The van der Waals surface area contributed by atoms with Crippen LogP contribution in [0.2, 0.25) is 5.02 Å². The highest BCUT2D eigenvalue weighted by Gasteiger charge is 2.29. The zero-order valence-electron chi connectivity index (χ0n) is 17.3. The van der Waals surface area contributed by atoms with Crippen molar-refractivity contribution in [2.45, 2.75) is 13.3 Å². The quantitative estimate of drug-likeness (QED) is 0.782. The van der Waals surface area contributed by atoms with E-state index in [0.717, 1.165) is 63.1 Å². The van der Waals surface area contributed by atoms with Gasteiger partial charge in [0.25, 0.3) is 0 Å². The van der Waals surface area contributed by atoms with Crippen molar-refractivity contribution >= 4 is 28.7 Å². The van der Waals surface area contributed by atoms with Crippen LogP contribution in [0, 0.1) is 0 Å². The van der Waals surface area contributed by atoms with Crippen LogP contribution in [0.25, 0.3) is 5.70 Å². The van der Waals surface area contributed by atoms with E-state index >= 15 is 0 Å². The molecule has 0 saturated carbocycles. The number of nitrogens with one attached hydrogen (secondary N) is 2. The van der Waals surface area contributed by atoms with Crippen molar-refractivity contribution in [3.05, 3.63) is 64.3 Å². The minimum absolute atomic E-state index is 0.762. The van der Waals surface area contributed by atoms with Gasteiger partial charge in [-0.2, -0.15) is 0 Å². The molecular formula is C23H28ClN5O. The first kappa shape index (κ1) is 19.7. The third-order valence-electron chi connectivity index (χ3n) is 6.12. The lowest BCUT2D eigenvalue weighted by atomic mass is 10.0. The summed E-state index contributed by atoms with van der Waals surface area (Å²) < 4.78 is 5.48. The van der Waals surface area contributed by atoms with Gasteiger partial charge in [0.05, 0.1) is 36.8 Å². The fraction of sp³-hybridized carbons (Fsp3) is 0.391. The summed E-state index contributed by atoms with van der Waals surface area (Å²) in [6, 6.07) is 15.1. The van der Waals surface area contributed by atoms with E-state index in [-0.39, 0.29) is 0 Å². The van der Waals surface area contributed by atoms with Crippen molar-refractivity contribution in [1.29, 1.82) is 0 Å². The standard InChI is InChI=1S/C23H28ClN5O/c1-17-23-21-7-2-18(8-9-27-12-14-30-15-13-27)16-22(21)28(10-11-29(23)26-25-17)20-5-3-19(24)4-6-20/h2-7,16,25-26H,8-15H2,1H3. The van der Waals surface area contributed by atoms with Crippen LogP contribution < -0.4 is 15.9 Å². The smallest absolute Gasteiger partial charge is 0.0832 e. The number of ether oxygens (including phenoxy) is 1. The van der Waals surface area contributed by atoms with Gasteiger partial charge in [-0.1, -0.05) is 23.7 Å². The van der Waals surface area contributed by atoms with Gasteiger partial charge < -0.3 is 15.1 Å². The monoisotopic (exact) mass is 425 g/mol. The number of hydrazine groups is 2. The molecule has 5 rings (SSSR count). The van der Waals surface area contributed by atoms with Crippen molar-refractivity contribution in [1.82, 2.24) is 20.9 Å². The van der Waals surface area contributed by atoms with Crippen LogP contribution in [0.15, 0.2) is 48.2 Å². The normalized spacial score (nSPS) is 19.4. The summed E-state index contributed by atoms with van der Waals surface area (Å²) in [5.74, 6) is 0. The highest BCUT2D eigenvalue weighted by atomic mass is 35.5. The first-order valence-corrected chi connectivity index (χ1v) is 11.0. The molecular weight excluding hydrogens is 398 g/mol. The Morgan fingerprint density at radius 3 is 2.60 bits per heavy atom. The van der Waals surface area contributed by atoms with Crippen LogP contribution in [0.5, 0.6) is 0 Å².